The van der Waals surface area contributed by atoms with Gasteiger partial charge in [0.05, 0.1) is 12.5 Å². The maximum atomic E-state index is 11.9. The molecule has 0 aromatic carbocycles. The normalized spacial score (nSPS) is 18.6. The Morgan fingerprint density at radius 2 is 2.05 bits per heavy atom. The second-order valence-electron chi connectivity index (χ2n) is 5.85. The van der Waals surface area contributed by atoms with Crippen LogP contribution in [0.3, 0.4) is 0 Å². The Bertz CT molecular complexity index is 313. The van der Waals surface area contributed by atoms with Gasteiger partial charge in [-0.1, -0.05) is 13.8 Å². The van der Waals surface area contributed by atoms with Crippen LogP contribution in [0.15, 0.2) is 0 Å². The lowest BCUT2D eigenvalue weighted by Gasteiger charge is -2.20. The molecule has 6 nitrogen and oxygen atoms in total. The summed E-state index contributed by atoms with van der Waals surface area (Å²) in [6.07, 6.45) is 1.63. The molecule has 1 amide bonds. The van der Waals surface area contributed by atoms with E-state index in [4.69, 9.17) is 5.11 Å². The lowest BCUT2D eigenvalue weighted by Crippen LogP contribution is -2.41. The minimum atomic E-state index is -0.835. The summed E-state index contributed by atoms with van der Waals surface area (Å²) in [5.41, 5.74) is 0. The van der Waals surface area contributed by atoms with Crippen molar-refractivity contribution in [1.82, 2.24) is 15.5 Å². The van der Waals surface area contributed by atoms with E-state index in [0.29, 0.717) is 18.9 Å². The van der Waals surface area contributed by atoms with E-state index in [1.807, 2.05) is 13.8 Å². The fourth-order valence-corrected chi connectivity index (χ4v) is 2.40. The summed E-state index contributed by atoms with van der Waals surface area (Å²) in [7, 11) is 0. The molecule has 1 unspecified atom stereocenters. The highest BCUT2D eigenvalue weighted by Crippen LogP contribution is 2.11. The van der Waals surface area contributed by atoms with Crippen LogP contribution in [0, 0.1) is 11.8 Å². The Labute approximate surface area is 120 Å². The summed E-state index contributed by atoms with van der Waals surface area (Å²) in [6.45, 7) is 8.22. The molecule has 0 spiro atoms. The minimum absolute atomic E-state index is 0.0816. The number of aliphatic carboxylic acids is 1. The first-order valence-electron chi connectivity index (χ1n) is 7.41. The molecule has 1 aliphatic rings. The Hall–Kier alpha value is -1.14. The molecule has 3 N–H and O–H groups in total. The molecule has 1 heterocycles. The van der Waals surface area contributed by atoms with E-state index in [-0.39, 0.29) is 12.5 Å². The molecule has 0 aromatic rings. The topological polar surface area (TPSA) is 81.7 Å². The van der Waals surface area contributed by atoms with E-state index in [1.54, 1.807) is 0 Å². The molecular weight excluding hydrogens is 258 g/mol. The van der Waals surface area contributed by atoms with Crippen LogP contribution in [-0.4, -0.2) is 61.2 Å². The number of nitrogens with one attached hydrogen (secondary N) is 2. The zero-order chi connectivity index (χ0) is 15.0. The van der Waals surface area contributed by atoms with Crippen molar-refractivity contribution in [1.29, 1.82) is 0 Å². The Morgan fingerprint density at radius 3 is 2.70 bits per heavy atom. The Morgan fingerprint density at radius 1 is 1.30 bits per heavy atom. The zero-order valence-corrected chi connectivity index (χ0v) is 12.5. The van der Waals surface area contributed by atoms with Gasteiger partial charge in [0.1, 0.15) is 0 Å². The third-order valence-electron chi connectivity index (χ3n) is 3.45. The van der Waals surface area contributed by atoms with Crippen LogP contribution in [0.2, 0.25) is 0 Å². The molecule has 0 aromatic heterocycles. The molecule has 1 saturated heterocycles. The Balaban J connectivity index is 2.31. The van der Waals surface area contributed by atoms with Crippen molar-refractivity contribution in [2.45, 2.75) is 26.7 Å². The third-order valence-corrected chi connectivity index (χ3v) is 3.45. The van der Waals surface area contributed by atoms with Gasteiger partial charge in [0.25, 0.3) is 0 Å². The molecule has 1 fully saturated rings. The van der Waals surface area contributed by atoms with Crippen LogP contribution in [0.4, 0.5) is 0 Å². The van der Waals surface area contributed by atoms with Crippen molar-refractivity contribution in [3.8, 4) is 0 Å². The molecular formula is C14H27N3O3. The lowest BCUT2D eigenvalue weighted by molar-refractivity contribution is -0.142. The van der Waals surface area contributed by atoms with E-state index >= 15 is 0 Å². The average molecular weight is 285 g/mol. The van der Waals surface area contributed by atoms with Gasteiger partial charge < -0.3 is 15.7 Å². The van der Waals surface area contributed by atoms with Gasteiger partial charge in [-0.05, 0) is 31.8 Å². The lowest BCUT2D eigenvalue weighted by atomic mass is 9.97. The molecule has 1 atom stereocenters. The fraction of sp³-hybridized carbons (Fsp3) is 0.857. The van der Waals surface area contributed by atoms with Gasteiger partial charge in [0.15, 0.2) is 0 Å². The second-order valence-corrected chi connectivity index (χ2v) is 5.85. The van der Waals surface area contributed by atoms with E-state index < -0.39 is 11.9 Å². The molecule has 0 radical (unpaired) electrons. The fourth-order valence-electron chi connectivity index (χ4n) is 2.40. The number of carboxylic acids is 1. The van der Waals surface area contributed by atoms with Gasteiger partial charge in [-0.25, -0.2) is 0 Å². The van der Waals surface area contributed by atoms with Crippen LogP contribution in [-0.2, 0) is 9.59 Å². The van der Waals surface area contributed by atoms with Gasteiger partial charge in [-0.2, -0.15) is 0 Å². The minimum Gasteiger partial charge on any atom is -0.481 e. The molecule has 6 heteroatoms. The van der Waals surface area contributed by atoms with Crippen LogP contribution in [0.1, 0.15) is 26.7 Å². The maximum Gasteiger partial charge on any atom is 0.308 e. The highest BCUT2D eigenvalue weighted by molar-refractivity contribution is 5.79. The van der Waals surface area contributed by atoms with Gasteiger partial charge in [0.2, 0.25) is 5.91 Å². The predicted molar refractivity (Wildman–Crippen MR) is 77.5 cm³/mol. The van der Waals surface area contributed by atoms with Crippen LogP contribution < -0.4 is 10.6 Å². The number of hydrogen-bond acceptors (Lipinski definition) is 4. The Kier molecular flexibility index (Phi) is 7.54. The van der Waals surface area contributed by atoms with Crippen molar-refractivity contribution in [3.63, 3.8) is 0 Å². The molecule has 0 aliphatic carbocycles. The molecule has 0 bridgehead atoms. The number of carboxylic acid groups (broad SMARTS) is 1. The summed E-state index contributed by atoms with van der Waals surface area (Å²) in [4.78, 5) is 25.1. The first-order chi connectivity index (χ1) is 9.49. The number of hydrogen-bond donors (Lipinski definition) is 3. The molecule has 116 valence electrons. The largest absolute Gasteiger partial charge is 0.481 e. The standard InChI is InChI=1S/C14H27N3O3/c1-11(2)8-12(14(19)20)9-16-13(18)10-17-6-3-4-15-5-7-17/h11-12,15H,3-10H2,1-2H3,(H,16,18)(H,19,20). The van der Waals surface area contributed by atoms with E-state index in [0.717, 1.165) is 32.6 Å². The van der Waals surface area contributed by atoms with E-state index in [1.165, 1.54) is 0 Å². The highest BCUT2D eigenvalue weighted by Gasteiger charge is 2.20. The van der Waals surface area contributed by atoms with Crippen molar-refractivity contribution in [3.05, 3.63) is 0 Å². The number of carbonyl (C=O) groups is 2. The number of carbonyl (C=O) groups excluding carboxylic acids is 1. The summed E-state index contributed by atoms with van der Waals surface area (Å²) < 4.78 is 0. The first-order valence-corrected chi connectivity index (χ1v) is 7.41. The smallest absolute Gasteiger partial charge is 0.308 e. The first kappa shape index (κ1) is 16.9. The molecule has 1 aliphatic heterocycles. The van der Waals surface area contributed by atoms with Gasteiger partial charge >= 0.3 is 5.97 Å². The summed E-state index contributed by atoms with van der Waals surface area (Å²) in [5, 5.41) is 15.2. The van der Waals surface area contributed by atoms with Crippen molar-refractivity contribution < 1.29 is 14.7 Å². The van der Waals surface area contributed by atoms with Gasteiger partial charge in [-0.3, -0.25) is 14.5 Å². The van der Waals surface area contributed by atoms with E-state index in [9.17, 15) is 9.59 Å². The summed E-state index contributed by atoms with van der Waals surface area (Å²) >= 11 is 0. The molecule has 20 heavy (non-hydrogen) atoms. The van der Waals surface area contributed by atoms with E-state index in [2.05, 4.69) is 15.5 Å². The summed E-state index contributed by atoms with van der Waals surface area (Å²) in [6, 6.07) is 0. The third kappa shape index (κ3) is 6.86. The quantitative estimate of drug-likeness (QED) is 0.620. The van der Waals surface area contributed by atoms with Crippen LogP contribution in [0.5, 0.6) is 0 Å². The van der Waals surface area contributed by atoms with Crippen molar-refractivity contribution >= 4 is 11.9 Å². The van der Waals surface area contributed by atoms with Crippen molar-refractivity contribution in [2.24, 2.45) is 11.8 Å². The monoisotopic (exact) mass is 285 g/mol. The van der Waals surface area contributed by atoms with Crippen LogP contribution >= 0.6 is 0 Å². The van der Waals surface area contributed by atoms with Gasteiger partial charge in [-0.15, -0.1) is 0 Å². The highest BCUT2D eigenvalue weighted by atomic mass is 16.4. The summed E-state index contributed by atoms with van der Waals surface area (Å²) in [5.74, 6) is -1.10. The average Bonchev–Trinajstić information content (AvgIpc) is 2.62. The SMILES string of the molecule is CC(C)CC(CNC(=O)CN1CCCNCC1)C(=O)O. The second kappa shape index (κ2) is 8.92. The van der Waals surface area contributed by atoms with Crippen molar-refractivity contribution in [2.75, 3.05) is 39.3 Å². The number of nitrogens with zero attached hydrogens (tertiary/aromatic N) is 1. The molecule has 0 saturated carbocycles. The number of amides is 1. The molecule has 1 rings (SSSR count). The van der Waals surface area contributed by atoms with Crippen LogP contribution in [0.25, 0.3) is 0 Å². The number of rotatable bonds is 7. The van der Waals surface area contributed by atoms with Gasteiger partial charge in [0, 0.05) is 19.6 Å². The zero-order valence-electron chi connectivity index (χ0n) is 12.5. The predicted octanol–water partition coefficient (Wildman–Crippen LogP) is 0.145. The maximum absolute atomic E-state index is 11.9.